The predicted octanol–water partition coefficient (Wildman–Crippen LogP) is 2.27. The maximum absolute atomic E-state index is 12.8. The number of piperidine rings is 2. The normalized spacial score (nSPS) is 20.4. The van der Waals surface area contributed by atoms with Gasteiger partial charge in [0.2, 0.25) is 11.8 Å². The number of hydrogen-bond donors (Lipinski definition) is 0. The van der Waals surface area contributed by atoms with Crippen LogP contribution in [0.25, 0.3) is 0 Å². The highest BCUT2D eigenvalue weighted by Crippen LogP contribution is 2.40. The van der Waals surface area contributed by atoms with E-state index in [0.29, 0.717) is 13.0 Å². The van der Waals surface area contributed by atoms with E-state index >= 15 is 0 Å². The lowest BCUT2D eigenvalue weighted by molar-refractivity contribution is -0.144. The van der Waals surface area contributed by atoms with Gasteiger partial charge in [0.15, 0.2) is 0 Å². The van der Waals surface area contributed by atoms with Crippen molar-refractivity contribution in [2.45, 2.75) is 45.2 Å². The summed E-state index contributed by atoms with van der Waals surface area (Å²) in [5.74, 6) is 0.355. The van der Waals surface area contributed by atoms with E-state index in [1.165, 1.54) is 0 Å². The number of pyridine rings is 1. The second kappa shape index (κ2) is 7.73. The van der Waals surface area contributed by atoms with Gasteiger partial charge in [-0.3, -0.25) is 14.6 Å². The maximum atomic E-state index is 12.8. The molecule has 1 atom stereocenters. The summed E-state index contributed by atoms with van der Waals surface area (Å²) in [6.45, 7) is 4.76. The molecule has 4 rings (SSSR count). The molecule has 0 saturated carbocycles. The third-order valence-electron chi connectivity index (χ3n) is 6.29. The predicted molar refractivity (Wildman–Crippen MR) is 104 cm³/mol. The summed E-state index contributed by atoms with van der Waals surface area (Å²) >= 11 is 0. The van der Waals surface area contributed by atoms with Crippen LogP contribution in [0.1, 0.15) is 44.3 Å². The van der Waals surface area contributed by atoms with Crippen molar-refractivity contribution in [3.05, 3.63) is 48.8 Å². The first-order chi connectivity index (χ1) is 13.6. The van der Waals surface area contributed by atoms with Gasteiger partial charge in [0.1, 0.15) is 6.04 Å². The van der Waals surface area contributed by atoms with Crippen molar-refractivity contribution in [1.82, 2.24) is 24.3 Å². The van der Waals surface area contributed by atoms with Crippen LogP contribution in [0.15, 0.2) is 43.1 Å². The standard InChI is InChI=1S/C21H27N5O2/c1-17(25-13-10-22-16-25)20(28)24-11-7-21(8-12-24)6-5-19(27)26(15-21)14-18-4-2-3-9-23-18/h2-4,9-10,13,16-17H,5-8,11-12,14-15H2,1H3/t17-/m1/s1. The van der Waals surface area contributed by atoms with Gasteiger partial charge in [-0.25, -0.2) is 4.98 Å². The van der Waals surface area contributed by atoms with Crippen molar-refractivity contribution in [3.63, 3.8) is 0 Å². The third-order valence-corrected chi connectivity index (χ3v) is 6.29. The van der Waals surface area contributed by atoms with Crippen LogP contribution in [-0.2, 0) is 16.1 Å². The number of likely N-dealkylation sites (tertiary alicyclic amines) is 2. The number of hydrogen-bond acceptors (Lipinski definition) is 4. The van der Waals surface area contributed by atoms with Crippen LogP contribution in [-0.4, -0.2) is 55.8 Å². The van der Waals surface area contributed by atoms with E-state index in [4.69, 9.17) is 0 Å². The zero-order valence-corrected chi connectivity index (χ0v) is 16.3. The second-order valence-electron chi connectivity index (χ2n) is 8.08. The van der Waals surface area contributed by atoms with Crippen molar-refractivity contribution >= 4 is 11.8 Å². The van der Waals surface area contributed by atoms with E-state index in [0.717, 1.165) is 44.6 Å². The maximum Gasteiger partial charge on any atom is 0.245 e. The van der Waals surface area contributed by atoms with Gasteiger partial charge in [-0.05, 0) is 43.7 Å². The Bertz CT molecular complexity index is 813. The number of nitrogens with zero attached hydrogens (tertiary/aromatic N) is 5. The zero-order valence-electron chi connectivity index (χ0n) is 16.3. The van der Waals surface area contributed by atoms with Crippen LogP contribution < -0.4 is 0 Å². The van der Waals surface area contributed by atoms with Gasteiger partial charge in [0.05, 0.1) is 18.6 Å². The molecular formula is C21H27N5O2. The molecule has 2 aliphatic rings. The Labute approximate surface area is 165 Å². The van der Waals surface area contributed by atoms with Crippen LogP contribution in [0.3, 0.4) is 0 Å². The molecule has 0 aliphatic carbocycles. The van der Waals surface area contributed by atoms with E-state index in [2.05, 4.69) is 9.97 Å². The number of aromatic nitrogens is 3. The summed E-state index contributed by atoms with van der Waals surface area (Å²) in [4.78, 5) is 37.6. The van der Waals surface area contributed by atoms with Crippen LogP contribution in [0.2, 0.25) is 0 Å². The Morgan fingerprint density at radius 2 is 2.04 bits per heavy atom. The van der Waals surface area contributed by atoms with Crippen molar-refractivity contribution in [1.29, 1.82) is 0 Å². The lowest BCUT2D eigenvalue weighted by Crippen LogP contribution is -2.52. The quantitative estimate of drug-likeness (QED) is 0.815. The molecule has 0 radical (unpaired) electrons. The molecule has 7 heteroatoms. The van der Waals surface area contributed by atoms with Gasteiger partial charge in [0, 0.05) is 44.6 Å². The summed E-state index contributed by atoms with van der Waals surface area (Å²) in [5.41, 5.74) is 1.05. The van der Waals surface area contributed by atoms with E-state index in [-0.39, 0.29) is 23.3 Å². The van der Waals surface area contributed by atoms with Crippen LogP contribution in [0, 0.1) is 5.41 Å². The lowest BCUT2D eigenvalue weighted by atomic mass is 9.72. The molecule has 28 heavy (non-hydrogen) atoms. The fraction of sp³-hybridized carbons (Fsp3) is 0.524. The van der Waals surface area contributed by atoms with Gasteiger partial charge in [-0.15, -0.1) is 0 Å². The number of imidazole rings is 1. The number of rotatable bonds is 4. The molecule has 1 spiro atoms. The Hall–Kier alpha value is -2.70. The fourth-order valence-electron chi connectivity index (χ4n) is 4.43. The molecule has 0 unspecified atom stereocenters. The minimum Gasteiger partial charge on any atom is -0.341 e. The molecule has 7 nitrogen and oxygen atoms in total. The molecule has 148 valence electrons. The molecule has 2 aliphatic heterocycles. The van der Waals surface area contributed by atoms with Gasteiger partial charge in [-0.1, -0.05) is 6.07 Å². The first kappa shape index (κ1) is 18.7. The van der Waals surface area contributed by atoms with Gasteiger partial charge in [-0.2, -0.15) is 0 Å². The van der Waals surface area contributed by atoms with Crippen LogP contribution in [0.5, 0.6) is 0 Å². The SMILES string of the molecule is C[C@H](C(=O)N1CCC2(CCC(=O)N(Cc3ccccn3)C2)CC1)n1ccnc1. The summed E-state index contributed by atoms with van der Waals surface area (Å²) in [6.07, 6.45) is 10.4. The first-order valence-electron chi connectivity index (χ1n) is 10.0. The van der Waals surface area contributed by atoms with Crippen molar-refractivity contribution in [2.24, 2.45) is 5.41 Å². The molecule has 2 aromatic heterocycles. The smallest absolute Gasteiger partial charge is 0.245 e. The molecule has 0 bridgehead atoms. The number of amides is 2. The highest BCUT2D eigenvalue weighted by Gasteiger charge is 2.42. The Balaban J connectivity index is 1.37. The minimum absolute atomic E-state index is 0.123. The highest BCUT2D eigenvalue weighted by atomic mass is 16.2. The summed E-state index contributed by atoms with van der Waals surface area (Å²) in [6, 6.07) is 5.58. The molecule has 4 heterocycles. The average molecular weight is 381 g/mol. The van der Waals surface area contributed by atoms with E-state index in [1.54, 1.807) is 18.7 Å². The molecule has 0 aromatic carbocycles. The van der Waals surface area contributed by atoms with Gasteiger partial charge >= 0.3 is 0 Å². The van der Waals surface area contributed by atoms with Crippen LogP contribution in [0.4, 0.5) is 0 Å². The fourth-order valence-corrected chi connectivity index (χ4v) is 4.43. The Morgan fingerprint density at radius 3 is 2.71 bits per heavy atom. The largest absolute Gasteiger partial charge is 0.341 e. The molecule has 2 amide bonds. The van der Waals surface area contributed by atoms with Gasteiger partial charge < -0.3 is 14.4 Å². The molecule has 2 aromatic rings. The molecule has 2 fully saturated rings. The third kappa shape index (κ3) is 3.79. The monoisotopic (exact) mass is 381 g/mol. The number of carbonyl (C=O) groups excluding carboxylic acids is 2. The Morgan fingerprint density at radius 1 is 1.21 bits per heavy atom. The van der Waals surface area contributed by atoms with Crippen molar-refractivity contribution < 1.29 is 9.59 Å². The van der Waals surface area contributed by atoms with Gasteiger partial charge in [0.25, 0.3) is 0 Å². The van der Waals surface area contributed by atoms with E-state index in [9.17, 15) is 9.59 Å². The van der Waals surface area contributed by atoms with Crippen molar-refractivity contribution in [3.8, 4) is 0 Å². The average Bonchev–Trinajstić information content (AvgIpc) is 3.26. The second-order valence-corrected chi connectivity index (χ2v) is 8.08. The lowest BCUT2D eigenvalue weighted by Gasteiger charge is -2.47. The molecule has 2 saturated heterocycles. The summed E-state index contributed by atoms with van der Waals surface area (Å²) in [5, 5.41) is 0. The highest BCUT2D eigenvalue weighted by molar-refractivity contribution is 5.80. The molecular weight excluding hydrogens is 354 g/mol. The van der Waals surface area contributed by atoms with Crippen molar-refractivity contribution in [2.75, 3.05) is 19.6 Å². The Kier molecular flexibility index (Phi) is 5.15. The van der Waals surface area contributed by atoms with E-state index < -0.39 is 0 Å². The summed E-state index contributed by atoms with van der Waals surface area (Å²) < 4.78 is 1.85. The van der Waals surface area contributed by atoms with Crippen LogP contribution >= 0.6 is 0 Å². The summed E-state index contributed by atoms with van der Waals surface area (Å²) in [7, 11) is 0. The number of carbonyl (C=O) groups is 2. The van der Waals surface area contributed by atoms with E-state index in [1.807, 2.05) is 45.7 Å². The topological polar surface area (TPSA) is 71.3 Å². The first-order valence-corrected chi connectivity index (χ1v) is 10.0. The zero-order chi connectivity index (χ0) is 19.6. The molecule has 0 N–H and O–H groups in total. The minimum atomic E-state index is -0.231.